The van der Waals surface area contributed by atoms with E-state index in [1.54, 1.807) is 18.2 Å². The van der Waals surface area contributed by atoms with E-state index in [9.17, 15) is 4.79 Å². The highest BCUT2D eigenvalue weighted by Crippen LogP contribution is 2.39. The van der Waals surface area contributed by atoms with Crippen molar-refractivity contribution in [3.05, 3.63) is 56.8 Å². The molecule has 0 atom stereocenters. The minimum absolute atomic E-state index is 0.203. The van der Waals surface area contributed by atoms with Crippen LogP contribution in [0.3, 0.4) is 0 Å². The summed E-state index contributed by atoms with van der Waals surface area (Å²) >= 11 is 2.18. The number of cyclic esters (lactones) is 1. The van der Waals surface area contributed by atoms with Gasteiger partial charge in [-0.2, -0.15) is 0 Å². The zero-order chi connectivity index (χ0) is 18.7. The monoisotopic (exact) mass is 465 g/mol. The van der Waals surface area contributed by atoms with E-state index >= 15 is 0 Å². The Morgan fingerprint density at radius 1 is 1.04 bits per heavy atom. The average Bonchev–Trinajstić information content (AvgIpc) is 3.01. The summed E-state index contributed by atoms with van der Waals surface area (Å²) in [6.45, 7) is 0. The predicted octanol–water partition coefficient (Wildman–Crippen LogP) is 3.66. The van der Waals surface area contributed by atoms with E-state index in [1.165, 1.54) is 21.3 Å². The van der Waals surface area contributed by atoms with Crippen molar-refractivity contribution >= 4 is 40.5 Å². The molecule has 1 aliphatic heterocycles. The van der Waals surface area contributed by atoms with Crippen molar-refractivity contribution in [2.24, 2.45) is 4.99 Å². The molecule has 0 saturated carbocycles. The van der Waals surface area contributed by atoms with Gasteiger partial charge in [0.2, 0.25) is 11.6 Å². The molecular weight excluding hydrogens is 449 g/mol. The van der Waals surface area contributed by atoms with Gasteiger partial charge in [0.15, 0.2) is 17.2 Å². The second-order valence-electron chi connectivity index (χ2n) is 5.27. The van der Waals surface area contributed by atoms with Crippen LogP contribution < -0.4 is 14.2 Å². The molecule has 6 nitrogen and oxygen atoms in total. The minimum atomic E-state index is -0.506. The Labute approximate surface area is 164 Å². The van der Waals surface area contributed by atoms with Crippen LogP contribution in [0.2, 0.25) is 0 Å². The molecule has 2 aromatic rings. The first-order valence-electron chi connectivity index (χ1n) is 7.65. The number of esters is 1. The molecule has 1 heterocycles. The first-order chi connectivity index (χ1) is 12.6. The Morgan fingerprint density at radius 2 is 1.69 bits per heavy atom. The zero-order valence-corrected chi connectivity index (χ0v) is 16.6. The molecule has 2 aromatic carbocycles. The predicted molar refractivity (Wildman–Crippen MR) is 106 cm³/mol. The van der Waals surface area contributed by atoms with Crippen LogP contribution in [0, 0.1) is 3.57 Å². The molecule has 0 aliphatic carbocycles. The largest absolute Gasteiger partial charge is 0.493 e. The number of rotatable bonds is 5. The maximum absolute atomic E-state index is 12.2. The average molecular weight is 465 g/mol. The van der Waals surface area contributed by atoms with Crippen LogP contribution in [-0.4, -0.2) is 33.2 Å². The first-order valence-corrected chi connectivity index (χ1v) is 8.72. The second-order valence-corrected chi connectivity index (χ2v) is 6.44. The number of methoxy groups -OCH3 is 3. The number of halogens is 1. The van der Waals surface area contributed by atoms with Gasteiger partial charge in [-0.3, -0.25) is 0 Å². The van der Waals surface area contributed by atoms with Gasteiger partial charge in [0.05, 0.1) is 26.9 Å². The van der Waals surface area contributed by atoms with Crippen molar-refractivity contribution in [1.29, 1.82) is 0 Å². The summed E-state index contributed by atoms with van der Waals surface area (Å²) in [5.74, 6) is 1.25. The molecule has 0 aromatic heterocycles. The van der Waals surface area contributed by atoms with Gasteiger partial charge >= 0.3 is 5.97 Å². The maximum Gasteiger partial charge on any atom is 0.363 e. The number of nitrogens with zero attached hydrogens (tertiary/aromatic N) is 1. The highest BCUT2D eigenvalue weighted by atomic mass is 127. The summed E-state index contributed by atoms with van der Waals surface area (Å²) < 4.78 is 22.2. The molecule has 0 spiro atoms. The molecule has 0 bridgehead atoms. The SMILES string of the molecule is COc1cc(/C=C2\N=C(c3ccccc3I)OC2=O)cc(OC)c1OC. The molecule has 134 valence electrons. The van der Waals surface area contributed by atoms with Gasteiger partial charge in [0, 0.05) is 3.57 Å². The lowest BCUT2D eigenvalue weighted by Crippen LogP contribution is -2.06. The summed E-state index contributed by atoms with van der Waals surface area (Å²) in [4.78, 5) is 16.5. The van der Waals surface area contributed by atoms with Crippen LogP contribution in [0.1, 0.15) is 11.1 Å². The third-order valence-corrected chi connectivity index (χ3v) is 4.66. The fraction of sp³-hybridized carbons (Fsp3) is 0.158. The van der Waals surface area contributed by atoms with Crippen molar-refractivity contribution in [1.82, 2.24) is 0 Å². The third-order valence-electron chi connectivity index (χ3n) is 3.72. The Kier molecular flexibility index (Phi) is 5.46. The molecule has 0 unspecified atom stereocenters. The molecule has 1 aliphatic rings. The van der Waals surface area contributed by atoms with E-state index in [4.69, 9.17) is 18.9 Å². The molecule has 3 rings (SSSR count). The summed E-state index contributed by atoms with van der Waals surface area (Å²) in [5.41, 5.74) is 1.66. The Morgan fingerprint density at radius 3 is 2.27 bits per heavy atom. The molecular formula is C19H16INO5. The van der Waals surface area contributed by atoms with Crippen LogP contribution in [0.4, 0.5) is 0 Å². The Bertz CT molecular complexity index is 895. The number of aliphatic imine (C=N–C) groups is 1. The van der Waals surface area contributed by atoms with E-state index < -0.39 is 5.97 Å². The van der Waals surface area contributed by atoms with E-state index in [-0.39, 0.29) is 5.70 Å². The standard InChI is InChI=1S/C19H16INO5/c1-23-15-9-11(10-16(24-2)17(15)25-3)8-14-19(22)26-18(21-14)12-6-4-5-7-13(12)20/h4-10H,1-3H3/b14-8-. The lowest BCUT2D eigenvalue weighted by Gasteiger charge is -2.12. The van der Waals surface area contributed by atoms with Gasteiger partial charge in [-0.25, -0.2) is 9.79 Å². The molecule has 0 saturated heterocycles. The van der Waals surface area contributed by atoms with Crippen molar-refractivity contribution in [2.45, 2.75) is 0 Å². The van der Waals surface area contributed by atoms with Gasteiger partial charge in [-0.05, 0) is 58.5 Å². The van der Waals surface area contributed by atoms with Crippen molar-refractivity contribution in [3.8, 4) is 17.2 Å². The third kappa shape index (κ3) is 3.52. The number of carbonyl (C=O) groups excluding carboxylic acids is 1. The van der Waals surface area contributed by atoms with E-state index in [2.05, 4.69) is 27.6 Å². The molecule has 0 amide bonds. The lowest BCUT2D eigenvalue weighted by atomic mass is 10.1. The van der Waals surface area contributed by atoms with Crippen molar-refractivity contribution in [2.75, 3.05) is 21.3 Å². The highest BCUT2D eigenvalue weighted by Gasteiger charge is 2.25. The van der Waals surface area contributed by atoms with Gasteiger partial charge in [-0.15, -0.1) is 0 Å². The van der Waals surface area contributed by atoms with Crippen LogP contribution in [-0.2, 0) is 9.53 Å². The normalized spacial score (nSPS) is 14.8. The lowest BCUT2D eigenvalue weighted by molar-refractivity contribution is -0.129. The van der Waals surface area contributed by atoms with Crippen LogP contribution in [0.15, 0.2) is 47.1 Å². The van der Waals surface area contributed by atoms with Crippen LogP contribution in [0.25, 0.3) is 6.08 Å². The van der Waals surface area contributed by atoms with Gasteiger partial charge in [0.25, 0.3) is 0 Å². The fourth-order valence-corrected chi connectivity index (χ4v) is 3.12. The number of hydrogen-bond acceptors (Lipinski definition) is 6. The molecule has 0 N–H and O–H groups in total. The van der Waals surface area contributed by atoms with Gasteiger partial charge < -0.3 is 18.9 Å². The zero-order valence-electron chi connectivity index (χ0n) is 14.4. The summed E-state index contributed by atoms with van der Waals surface area (Å²) in [6, 6.07) is 11.0. The number of hydrogen-bond donors (Lipinski definition) is 0. The van der Waals surface area contributed by atoms with E-state index in [1.807, 2.05) is 24.3 Å². The number of benzene rings is 2. The summed E-state index contributed by atoms with van der Waals surface area (Å²) in [5, 5.41) is 0. The minimum Gasteiger partial charge on any atom is -0.493 e. The number of carbonyl (C=O) groups is 1. The Hall–Kier alpha value is -2.55. The summed E-state index contributed by atoms with van der Waals surface area (Å²) in [6.07, 6.45) is 1.62. The Balaban J connectivity index is 2.02. The van der Waals surface area contributed by atoms with E-state index in [0.717, 1.165) is 9.13 Å². The first kappa shape index (κ1) is 18.2. The summed E-state index contributed by atoms with van der Waals surface area (Å²) in [7, 11) is 4.60. The smallest absolute Gasteiger partial charge is 0.363 e. The topological polar surface area (TPSA) is 66.4 Å². The molecule has 0 fully saturated rings. The quantitative estimate of drug-likeness (QED) is 0.383. The fourth-order valence-electron chi connectivity index (χ4n) is 2.50. The second kappa shape index (κ2) is 7.77. The maximum atomic E-state index is 12.2. The van der Waals surface area contributed by atoms with Crippen molar-refractivity contribution in [3.63, 3.8) is 0 Å². The molecule has 26 heavy (non-hydrogen) atoms. The van der Waals surface area contributed by atoms with Crippen LogP contribution >= 0.6 is 22.6 Å². The van der Waals surface area contributed by atoms with Crippen molar-refractivity contribution < 1.29 is 23.7 Å². The van der Waals surface area contributed by atoms with Crippen LogP contribution in [0.5, 0.6) is 17.2 Å². The van der Waals surface area contributed by atoms with Gasteiger partial charge in [-0.1, -0.05) is 12.1 Å². The van der Waals surface area contributed by atoms with Gasteiger partial charge in [0.1, 0.15) is 0 Å². The number of ether oxygens (including phenoxy) is 4. The molecule has 0 radical (unpaired) electrons. The highest BCUT2D eigenvalue weighted by molar-refractivity contribution is 14.1. The molecule has 7 heteroatoms. The van der Waals surface area contributed by atoms with E-state index in [0.29, 0.717) is 28.7 Å².